The van der Waals surface area contributed by atoms with Crippen molar-refractivity contribution in [2.75, 3.05) is 24.3 Å². The van der Waals surface area contributed by atoms with Gasteiger partial charge in [0.15, 0.2) is 17.1 Å². The number of aliphatic hydroxyl groups excluding tert-OH is 2. The van der Waals surface area contributed by atoms with Crippen LogP contribution in [0.2, 0.25) is 0 Å². The Morgan fingerprint density at radius 3 is 2.34 bits per heavy atom. The van der Waals surface area contributed by atoms with E-state index < -0.39 is 69.4 Å². The second-order valence-corrected chi connectivity index (χ2v) is 11.1. The van der Waals surface area contributed by atoms with E-state index in [0.29, 0.717) is 11.3 Å². The summed E-state index contributed by atoms with van der Waals surface area (Å²) in [6.07, 6.45) is -1.01. The lowest BCUT2D eigenvalue weighted by Crippen LogP contribution is -2.57. The lowest BCUT2D eigenvalue weighted by molar-refractivity contribution is -0.144. The molecule has 1 aromatic carbocycles. The lowest BCUT2D eigenvalue weighted by atomic mass is 9.60. The van der Waals surface area contributed by atoms with Gasteiger partial charge in [0.2, 0.25) is 5.78 Å². The number of aliphatic hydroxyl groups is 3. The molecule has 0 saturated carbocycles. The van der Waals surface area contributed by atoms with Crippen LogP contribution < -0.4 is 16.0 Å². The van der Waals surface area contributed by atoms with Gasteiger partial charge in [0.1, 0.15) is 22.7 Å². The maximum absolute atomic E-state index is 13.8. The minimum atomic E-state index is -2.65. The number of benzene rings is 1. The van der Waals surface area contributed by atoms with E-state index in [0.717, 1.165) is 0 Å². The van der Waals surface area contributed by atoms with Crippen LogP contribution in [0.1, 0.15) is 49.5 Å². The van der Waals surface area contributed by atoms with Crippen molar-refractivity contribution in [3.05, 3.63) is 39.9 Å². The predicted molar refractivity (Wildman–Crippen MR) is 135 cm³/mol. The summed E-state index contributed by atoms with van der Waals surface area (Å²) in [6, 6.07) is 1.50. The molecule has 0 aliphatic heterocycles. The van der Waals surface area contributed by atoms with Crippen molar-refractivity contribution in [3.63, 3.8) is 0 Å². The molecule has 7 N–H and O–H groups in total. The third-order valence-corrected chi connectivity index (χ3v) is 7.16. The topological polar surface area (TPSA) is 200 Å². The van der Waals surface area contributed by atoms with E-state index in [2.05, 4.69) is 5.32 Å². The molecule has 3 atom stereocenters. The van der Waals surface area contributed by atoms with Crippen LogP contribution in [-0.2, 0) is 20.7 Å². The number of Topliss-reactive ketones (excluding diaryl/α,β-unsaturated/α-hetero) is 2. The van der Waals surface area contributed by atoms with Crippen molar-refractivity contribution in [2.45, 2.75) is 51.2 Å². The maximum atomic E-state index is 13.8. The van der Waals surface area contributed by atoms with Gasteiger partial charge in [0, 0.05) is 37.7 Å². The van der Waals surface area contributed by atoms with Gasteiger partial charge in [-0.1, -0.05) is 0 Å². The molecular weight excluding hydrogens is 498 g/mol. The largest absolute Gasteiger partial charge is 0.511 e. The third kappa shape index (κ3) is 4.05. The first-order chi connectivity index (χ1) is 17.5. The van der Waals surface area contributed by atoms with E-state index in [9.17, 15) is 39.6 Å². The highest BCUT2D eigenvalue weighted by Gasteiger charge is 2.59. The lowest BCUT2D eigenvalue weighted by Gasteiger charge is -2.45. The van der Waals surface area contributed by atoms with Crippen molar-refractivity contribution in [2.24, 2.45) is 17.6 Å². The number of primary amides is 1. The van der Waals surface area contributed by atoms with Gasteiger partial charge >= 0.3 is 6.09 Å². The highest BCUT2D eigenvalue weighted by Crippen LogP contribution is 2.53. The second kappa shape index (κ2) is 8.76. The number of carbonyl (C=O) groups excluding carboxylic acids is 4. The number of phenolic OH excluding ortho intramolecular Hbond substituents is 1. The minimum absolute atomic E-state index is 0.0223. The van der Waals surface area contributed by atoms with Crippen LogP contribution in [0.3, 0.4) is 0 Å². The molecule has 3 aliphatic rings. The monoisotopic (exact) mass is 529 g/mol. The molecule has 4 rings (SSSR count). The normalized spacial score (nSPS) is 24.9. The quantitative estimate of drug-likeness (QED) is 0.248. The average molecular weight is 530 g/mol. The van der Waals surface area contributed by atoms with Crippen LogP contribution >= 0.6 is 0 Å². The first-order valence-corrected chi connectivity index (χ1v) is 12.0. The summed E-state index contributed by atoms with van der Waals surface area (Å²) in [4.78, 5) is 52.8. The van der Waals surface area contributed by atoms with Gasteiger partial charge in [0.05, 0.1) is 11.3 Å². The van der Waals surface area contributed by atoms with Crippen molar-refractivity contribution < 1.29 is 44.3 Å². The highest BCUT2D eigenvalue weighted by atomic mass is 16.6. The molecule has 3 aliphatic carbocycles. The van der Waals surface area contributed by atoms with Gasteiger partial charge < -0.3 is 35.8 Å². The number of aromatic hydroxyl groups is 1. The Labute approximate surface area is 218 Å². The fraction of sp³-hybridized carbons (Fsp3) is 0.462. The van der Waals surface area contributed by atoms with Crippen molar-refractivity contribution in [3.8, 4) is 5.75 Å². The molecule has 1 unspecified atom stereocenters. The maximum Gasteiger partial charge on any atom is 0.412 e. The summed E-state index contributed by atoms with van der Waals surface area (Å²) < 4.78 is 5.25. The molecule has 0 spiro atoms. The number of fused-ring (bicyclic) bond motifs is 3. The third-order valence-electron chi connectivity index (χ3n) is 7.16. The van der Waals surface area contributed by atoms with Gasteiger partial charge in [0.25, 0.3) is 5.91 Å². The number of ether oxygens (including phenoxy) is 1. The van der Waals surface area contributed by atoms with Crippen LogP contribution in [0.5, 0.6) is 5.75 Å². The van der Waals surface area contributed by atoms with E-state index >= 15 is 0 Å². The number of rotatable bonds is 3. The van der Waals surface area contributed by atoms with Gasteiger partial charge in [-0.15, -0.1) is 0 Å². The Hall–Kier alpha value is -4.06. The smallest absolute Gasteiger partial charge is 0.412 e. The molecule has 0 fully saturated rings. The summed E-state index contributed by atoms with van der Waals surface area (Å²) in [5, 5.41) is 46.3. The number of ketones is 2. The summed E-state index contributed by atoms with van der Waals surface area (Å²) in [5.74, 6) is -7.20. The van der Waals surface area contributed by atoms with Gasteiger partial charge in [-0.05, 0) is 51.2 Å². The zero-order valence-electron chi connectivity index (χ0n) is 21.7. The van der Waals surface area contributed by atoms with E-state index in [4.69, 9.17) is 10.5 Å². The Kier molecular flexibility index (Phi) is 6.22. The number of hydrogen-bond acceptors (Lipinski definition) is 10. The number of allylic oxidation sites excluding steroid dienone is 2. The SMILES string of the molecule is CN(C)c1cc(NC(=O)OC(C)(C)C)c(O)c2c1C[C@H]1CC3CC(O)=C(C(N)=O)C(=O)[C@@]3(O)C(O)=C1C2=O. The van der Waals surface area contributed by atoms with E-state index in [1.807, 2.05) is 0 Å². The van der Waals surface area contributed by atoms with E-state index in [1.54, 1.807) is 39.8 Å². The summed E-state index contributed by atoms with van der Waals surface area (Å²) in [7, 11) is 3.43. The van der Waals surface area contributed by atoms with Gasteiger partial charge in [-0.25, -0.2) is 4.79 Å². The van der Waals surface area contributed by atoms with Crippen LogP contribution in [0, 0.1) is 11.8 Å². The van der Waals surface area contributed by atoms with Crippen LogP contribution in [0.15, 0.2) is 28.7 Å². The number of nitrogens with two attached hydrogens (primary N) is 1. The fourth-order valence-corrected chi connectivity index (χ4v) is 5.58. The standard InChI is InChI=1S/C26H31N3O9/c1-25(2,3)38-24(36)28-13-9-14(29(4)5)12-7-10-6-11-8-15(30)18(23(27)35)22(34)26(11,37)21(33)16(10)20(32)17(12)19(13)31/h9-11,30-31,33,37H,6-8H2,1-5H3,(H2,27,35)(H,28,36)/t10-,11?,26+/m1/s1. The minimum Gasteiger partial charge on any atom is -0.511 e. The number of amides is 2. The highest BCUT2D eigenvalue weighted by molar-refractivity contribution is 6.24. The molecule has 12 nitrogen and oxygen atoms in total. The number of anilines is 2. The van der Waals surface area contributed by atoms with Gasteiger partial charge in [-0.3, -0.25) is 19.7 Å². The zero-order valence-corrected chi connectivity index (χ0v) is 21.7. The second-order valence-electron chi connectivity index (χ2n) is 11.1. The predicted octanol–water partition coefficient (Wildman–Crippen LogP) is 1.99. The molecule has 2 amide bonds. The Morgan fingerprint density at radius 1 is 1.16 bits per heavy atom. The molecule has 0 saturated heterocycles. The molecule has 0 heterocycles. The number of nitrogens with one attached hydrogen (secondary N) is 1. The van der Waals surface area contributed by atoms with Crippen molar-refractivity contribution >= 4 is 34.9 Å². The molecule has 0 bridgehead atoms. The molecule has 0 radical (unpaired) electrons. The van der Waals surface area contributed by atoms with Crippen molar-refractivity contribution in [1.29, 1.82) is 0 Å². The molecule has 12 heteroatoms. The Balaban J connectivity index is 1.87. The fourth-order valence-electron chi connectivity index (χ4n) is 5.58. The molecule has 204 valence electrons. The molecule has 1 aromatic rings. The molecule has 0 aromatic heterocycles. The van der Waals surface area contributed by atoms with E-state index in [1.165, 1.54) is 6.07 Å². The summed E-state index contributed by atoms with van der Waals surface area (Å²) in [6.45, 7) is 4.99. The first kappa shape index (κ1) is 27.0. The molecular formula is C26H31N3O9. The summed E-state index contributed by atoms with van der Waals surface area (Å²) >= 11 is 0. The van der Waals surface area contributed by atoms with Crippen LogP contribution in [0.25, 0.3) is 0 Å². The van der Waals surface area contributed by atoms with Crippen LogP contribution in [0.4, 0.5) is 16.2 Å². The van der Waals surface area contributed by atoms with Gasteiger partial charge in [-0.2, -0.15) is 0 Å². The number of carbonyl (C=O) groups is 4. The first-order valence-electron chi connectivity index (χ1n) is 12.0. The number of nitrogens with zero attached hydrogens (tertiary/aromatic N) is 1. The average Bonchev–Trinajstić information content (AvgIpc) is 2.76. The Bertz CT molecular complexity index is 1350. The molecule has 38 heavy (non-hydrogen) atoms. The number of phenols is 1. The Morgan fingerprint density at radius 2 is 1.79 bits per heavy atom. The zero-order chi connectivity index (χ0) is 28.5. The van der Waals surface area contributed by atoms with Crippen molar-refractivity contribution in [1.82, 2.24) is 0 Å². The van der Waals surface area contributed by atoms with Crippen LogP contribution in [-0.4, -0.2) is 69.3 Å². The number of hydrogen-bond donors (Lipinski definition) is 6. The summed E-state index contributed by atoms with van der Waals surface area (Å²) in [5.41, 5.74) is 1.25. The van der Waals surface area contributed by atoms with E-state index in [-0.39, 0.29) is 36.1 Å².